The van der Waals surface area contributed by atoms with E-state index in [1.807, 2.05) is 20.8 Å². The average Bonchev–Trinajstić information content (AvgIpc) is 3.00. The van der Waals surface area contributed by atoms with Gasteiger partial charge in [0.05, 0.1) is 19.2 Å². The first-order valence-corrected chi connectivity index (χ1v) is 8.81. The number of thiazole rings is 1. The number of nitrogens with one attached hydrogen (secondary N) is 2. The van der Waals surface area contributed by atoms with Gasteiger partial charge in [0.25, 0.3) is 5.91 Å². The number of anilines is 2. The number of carbonyl (C=O) groups is 3. The van der Waals surface area contributed by atoms with Crippen molar-refractivity contribution in [3.8, 4) is 0 Å². The Bertz CT molecular complexity index is 824. The van der Waals surface area contributed by atoms with Gasteiger partial charge in [0.2, 0.25) is 5.91 Å². The molecule has 0 aliphatic carbocycles. The summed E-state index contributed by atoms with van der Waals surface area (Å²) in [6.45, 7) is 5.44. The van der Waals surface area contributed by atoms with E-state index in [0.717, 1.165) is 0 Å². The van der Waals surface area contributed by atoms with Crippen LogP contribution in [0.15, 0.2) is 29.6 Å². The molecule has 0 bridgehead atoms. The lowest BCUT2D eigenvalue weighted by molar-refractivity contribution is -0.139. The van der Waals surface area contributed by atoms with Crippen molar-refractivity contribution < 1.29 is 19.1 Å². The molecule has 0 aliphatic heterocycles. The predicted octanol–water partition coefficient (Wildman–Crippen LogP) is 3.10. The molecule has 138 valence electrons. The molecule has 0 aliphatic rings. The molecule has 7 nitrogen and oxygen atoms in total. The highest BCUT2D eigenvalue weighted by atomic mass is 32.1. The summed E-state index contributed by atoms with van der Waals surface area (Å²) in [5.41, 5.74) is 0.933. The number of amides is 2. The molecule has 2 N–H and O–H groups in total. The van der Waals surface area contributed by atoms with E-state index in [1.54, 1.807) is 29.6 Å². The largest absolute Gasteiger partial charge is 0.469 e. The third kappa shape index (κ3) is 5.38. The monoisotopic (exact) mass is 375 g/mol. The van der Waals surface area contributed by atoms with E-state index in [4.69, 9.17) is 0 Å². The van der Waals surface area contributed by atoms with E-state index >= 15 is 0 Å². The Morgan fingerprint density at radius 2 is 1.92 bits per heavy atom. The molecule has 1 aromatic carbocycles. The Morgan fingerprint density at radius 3 is 2.58 bits per heavy atom. The second-order valence-corrected chi connectivity index (χ2v) is 7.49. The Hall–Kier alpha value is -2.74. The van der Waals surface area contributed by atoms with Gasteiger partial charge >= 0.3 is 5.97 Å². The third-order valence-electron chi connectivity index (χ3n) is 3.39. The van der Waals surface area contributed by atoms with E-state index in [-0.39, 0.29) is 18.2 Å². The highest BCUT2D eigenvalue weighted by Gasteiger charge is 2.21. The van der Waals surface area contributed by atoms with Gasteiger partial charge in [-0.1, -0.05) is 26.8 Å². The van der Waals surface area contributed by atoms with Crippen molar-refractivity contribution >= 4 is 39.9 Å². The normalized spacial score (nSPS) is 10.9. The summed E-state index contributed by atoms with van der Waals surface area (Å²) in [6.07, 6.45) is 0.0528. The van der Waals surface area contributed by atoms with Gasteiger partial charge in [0, 0.05) is 22.0 Å². The quantitative estimate of drug-likeness (QED) is 0.783. The molecule has 2 aromatic rings. The first-order valence-electron chi connectivity index (χ1n) is 7.93. The van der Waals surface area contributed by atoms with Crippen LogP contribution in [-0.4, -0.2) is 29.9 Å². The number of aromatic nitrogens is 1. The number of carbonyl (C=O) groups excluding carboxylic acids is 3. The van der Waals surface area contributed by atoms with Crippen molar-refractivity contribution in [1.82, 2.24) is 4.98 Å². The van der Waals surface area contributed by atoms with Gasteiger partial charge < -0.3 is 10.1 Å². The molecule has 26 heavy (non-hydrogen) atoms. The summed E-state index contributed by atoms with van der Waals surface area (Å²) in [5, 5.41) is 7.55. The zero-order valence-electron chi connectivity index (χ0n) is 15.1. The summed E-state index contributed by atoms with van der Waals surface area (Å²) in [5.74, 6) is -0.881. The number of ether oxygens (including phenoxy) is 1. The van der Waals surface area contributed by atoms with Gasteiger partial charge in [-0.15, -0.1) is 11.3 Å². The SMILES string of the molecule is COC(=O)Cc1csc(NC(=O)c2cccc(NC(=O)C(C)(C)C)c2)n1. The Balaban J connectivity index is 2.05. The maximum absolute atomic E-state index is 12.4. The predicted molar refractivity (Wildman–Crippen MR) is 100 cm³/mol. The van der Waals surface area contributed by atoms with Gasteiger partial charge in [0.1, 0.15) is 0 Å². The molecule has 0 saturated carbocycles. The summed E-state index contributed by atoms with van der Waals surface area (Å²) < 4.78 is 4.59. The fourth-order valence-electron chi connectivity index (χ4n) is 1.89. The Labute approximate surface area is 155 Å². The summed E-state index contributed by atoms with van der Waals surface area (Å²) in [6, 6.07) is 6.66. The minimum absolute atomic E-state index is 0.0528. The summed E-state index contributed by atoms with van der Waals surface area (Å²) >= 11 is 1.22. The standard InChI is InChI=1S/C18H21N3O4S/c1-18(2,3)16(24)19-12-7-5-6-11(8-12)15(23)21-17-20-13(10-26-17)9-14(22)25-4/h5-8,10H,9H2,1-4H3,(H,19,24)(H,20,21,23). The molecule has 0 atom stereocenters. The molecule has 0 unspecified atom stereocenters. The highest BCUT2D eigenvalue weighted by molar-refractivity contribution is 7.14. The molecule has 1 aromatic heterocycles. The number of rotatable bonds is 5. The molecular formula is C18H21N3O4S. The maximum Gasteiger partial charge on any atom is 0.311 e. The lowest BCUT2D eigenvalue weighted by Crippen LogP contribution is -2.27. The van der Waals surface area contributed by atoms with Gasteiger partial charge in [-0.2, -0.15) is 0 Å². The third-order valence-corrected chi connectivity index (χ3v) is 4.20. The zero-order valence-corrected chi connectivity index (χ0v) is 15.9. The summed E-state index contributed by atoms with van der Waals surface area (Å²) in [4.78, 5) is 39.9. The van der Waals surface area contributed by atoms with Crippen LogP contribution in [0.1, 0.15) is 36.8 Å². The Morgan fingerprint density at radius 1 is 1.19 bits per heavy atom. The van der Waals surface area contributed by atoms with Crippen LogP contribution >= 0.6 is 11.3 Å². The van der Waals surface area contributed by atoms with Crippen molar-refractivity contribution in [3.63, 3.8) is 0 Å². The second-order valence-electron chi connectivity index (χ2n) is 6.64. The molecule has 0 fully saturated rings. The van der Waals surface area contributed by atoms with Crippen molar-refractivity contribution in [2.75, 3.05) is 17.7 Å². The average molecular weight is 375 g/mol. The summed E-state index contributed by atoms with van der Waals surface area (Å²) in [7, 11) is 1.31. The van der Waals surface area contributed by atoms with Crippen LogP contribution < -0.4 is 10.6 Å². The number of hydrogen-bond acceptors (Lipinski definition) is 6. The number of esters is 1. The topological polar surface area (TPSA) is 97.4 Å². The fraction of sp³-hybridized carbons (Fsp3) is 0.333. The van der Waals surface area contributed by atoms with Crippen LogP contribution in [0.5, 0.6) is 0 Å². The van der Waals surface area contributed by atoms with E-state index in [0.29, 0.717) is 22.1 Å². The fourth-order valence-corrected chi connectivity index (χ4v) is 2.60. The van der Waals surface area contributed by atoms with E-state index in [1.165, 1.54) is 18.4 Å². The van der Waals surface area contributed by atoms with Crippen LogP contribution in [-0.2, 0) is 20.7 Å². The molecule has 2 amide bonds. The van der Waals surface area contributed by atoms with Gasteiger partial charge in [-0.3, -0.25) is 19.7 Å². The van der Waals surface area contributed by atoms with Gasteiger partial charge in [-0.25, -0.2) is 4.98 Å². The molecule has 2 rings (SSSR count). The number of methoxy groups -OCH3 is 1. The van der Waals surface area contributed by atoms with E-state index < -0.39 is 11.4 Å². The molecule has 8 heteroatoms. The highest BCUT2D eigenvalue weighted by Crippen LogP contribution is 2.20. The molecule has 0 radical (unpaired) electrons. The lowest BCUT2D eigenvalue weighted by atomic mass is 9.95. The van der Waals surface area contributed by atoms with Crippen LogP contribution in [0.4, 0.5) is 10.8 Å². The van der Waals surface area contributed by atoms with E-state index in [9.17, 15) is 14.4 Å². The maximum atomic E-state index is 12.4. The van der Waals surface area contributed by atoms with Crippen molar-refractivity contribution in [2.24, 2.45) is 5.41 Å². The van der Waals surface area contributed by atoms with E-state index in [2.05, 4.69) is 20.4 Å². The number of hydrogen-bond donors (Lipinski definition) is 2. The van der Waals surface area contributed by atoms with Crippen molar-refractivity contribution in [1.29, 1.82) is 0 Å². The van der Waals surface area contributed by atoms with Crippen LogP contribution in [0.25, 0.3) is 0 Å². The Kier molecular flexibility index (Phi) is 6.10. The van der Waals surface area contributed by atoms with Crippen molar-refractivity contribution in [2.45, 2.75) is 27.2 Å². The molecule has 0 spiro atoms. The molecule has 1 heterocycles. The zero-order chi connectivity index (χ0) is 19.3. The number of nitrogens with zero attached hydrogens (tertiary/aromatic N) is 1. The minimum atomic E-state index is -0.533. The second kappa shape index (κ2) is 8.09. The van der Waals surface area contributed by atoms with Gasteiger partial charge in [-0.05, 0) is 18.2 Å². The lowest BCUT2D eigenvalue weighted by Gasteiger charge is -2.17. The van der Waals surface area contributed by atoms with Crippen LogP contribution in [0.3, 0.4) is 0 Å². The minimum Gasteiger partial charge on any atom is -0.469 e. The first kappa shape index (κ1) is 19.6. The van der Waals surface area contributed by atoms with Crippen LogP contribution in [0.2, 0.25) is 0 Å². The van der Waals surface area contributed by atoms with Crippen molar-refractivity contribution in [3.05, 3.63) is 40.9 Å². The molecular weight excluding hydrogens is 354 g/mol. The van der Waals surface area contributed by atoms with Gasteiger partial charge in [0.15, 0.2) is 5.13 Å². The van der Waals surface area contributed by atoms with Crippen LogP contribution in [0, 0.1) is 5.41 Å². The molecule has 0 saturated heterocycles. The smallest absolute Gasteiger partial charge is 0.311 e. The first-order chi connectivity index (χ1) is 12.2. The number of benzene rings is 1.